The zero-order chi connectivity index (χ0) is 27.9. The van der Waals surface area contributed by atoms with Gasteiger partial charge in [0.15, 0.2) is 0 Å². The first-order chi connectivity index (χ1) is 18.0. The fourth-order valence-electron chi connectivity index (χ4n) is 3.79. The van der Waals surface area contributed by atoms with E-state index in [1.165, 1.54) is 17.2 Å². The van der Waals surface area contributed by atoms with Crippen LogP contribution in [0.1, 0.15) is 37.7 Å². The highest BCUT2D eigenvalue weighted by Gasteiger charge is 2.32. The fraction of sp³-hybridized carbons (Fsp3) is 0.346. The van der Waals surface area contributed by atoms with Gasteiger partial charge in [0, 0.05) is 37.0 Å². The fourth-order valence-corrected chi connectivity index (χ4v) is 4.79. The van der Waals surface area contributed by atoms with Crippen LogP contribution in [0.2, 0.25) is 0 Å². The first-order valence-electron chi connectivity index (χ1n) is 12.0. The van der Waals surface area contributed by atoms with Gasteiger partial charge in [-0.05, 0) is 57.2 Å². The summed E-state index contributed by atoms with van der Waals surface area (Å²) in [6.07, 6.45) is -3.25. The highest BCUT2D eigenvalue weighted by Crippen LogP contribution is 2.33. The van der Waals surface area contributed by atoms with Crippen LogP contribution < -0.4 is 14.4 Å². The summed E-state index contributed by atoms with van der Waals surface area (Å²) in [5, 5.41) is 2.71. The lowest BCUT2D eigenvalue weighted by Gasteiger charge is -2.25. The highest BCUT2D eigenvalue weighted by molar-refractivity contribution is 7.87. The van der Waals surface area contributed by atoms with Crippen molar-refractivity contribution in [3.05, 3.63) is 77.7 Å². The minimum atomic E-state index is -4.72. The van der Waals surface area contributed by atoms with Gasteiger partial charge in [-0.25, -0.2) is 4.79 Å². The summed E-state index contributed by atoms with van der Waals surface area (Å²) in [6, 6.07) is 11.2. The highest BCUT2D eigenvalue weighted by atomic mass is 32.2. The number of nitrogens with one attached hydrogen (secondary N) is 1. The van der Waals surface area contributed by atoms with Crippen LogP contribution in [0.4, 0.5) is 23.7 Å². The maximum Gasteiger partial charge on any atom is 0.416 e. The lowest BCUT2D eigenvalue weighted by Crippen LogP contribution is -2.39. The van der Waals surface area contributed by atoms with Gasteiger partial charge in [0.05, 0.1) is 24.9 Å². The predicted molar refractivity (Wildman–Crippen MR) is 136 cm³/mol. The van der Waals surface area contributed by atoms with Crippen molar-refractivity contribution in [2.24, 2.45) is 0 Å². The third-order valence-electron chi connectivity index (χ3n) is 5.73. The third-order valence-corrected chi connectivity index (χ3v) is 6.96. The molecule has 38 heavy (non-hydrogen) atoms. The summed E-state index contributed by atoms with van der Waals surface area (Å²) in [5.41, 5.74) is -0.113. The van der Waals surface area contributed by atoms with E-state index in [0.717, 1.165) is 18.2 Å². The smallest absolute Gasteiger partial charge is 0.416 e. The van der Waals surface area contributed by atoms with Crippen molar-refractivity contribution in [2.75, 3.05) is 24.5 Å². The number of carbonyl (C=O) groups is 1. The van der Waals surface area contributed by atoms with Crippen molar-refractivity contribution in [1.29, 1.82) is 0 Å². The third kappa shape index (κ3) is 7.21. The monoisotopic (exact) mass is 553 g/mol. The Labute approximate surface area is 220 Å². The Kier molecular flexibility index (Phi) is 9.31. The lowest BCUT2D eigenvalue weighted by molar-refractivity contribution is -0.137. The van der Waals surface area contributed by atoms with Crippen LogP contribution in [-0.4, -0.2) is 39.0 Å². The standard InChI is InChI=1S/C26H30F3N3O5S/c1-4-30-25(33)32(18-22-10-8-14-36-22)17-19-12-13-21(31(5-2)6-3)16-24(19)37-38(34,35)23-11-7-9-20(15-23)26(27,28)29/h7-16H,4-6,17-18H2,1-3H3,(H,30,33). The quantitative estimate of drug-likeness (QED) is 0.309. The molecule has 1 aromatic heterocycles. The Morgan fingerprint density at radius 1 is 1.00 bits per heavy atom. The second-order valence-corrected chi connectivity index (χ2v) is 9.84. The molecule has 1 N–H and O–H groups in total. The maximum atomic E-state index is 13.2. The van der Waals surface area contributed by atoms with Crippen LogP contribution in [0, 0.1) is 0 Å². The summed E-state index contributed by atoms with van der Waals surface area (Å²) >= 11 is 0. The van der Waals surface area contributed by atoms with Crippen molar-refractivity contribution in [1.82, 2.24) is 10.2 Å². The van der Waals surface area contributed by atoms with E-state index in [0.29, 0.717) is 42.7 Å². The first-order valence-corrected chi connectivity index (χ1v) is 13.4. The van der Waals surface area contributed by atoms with Gasteiger partial charge in [0.2, 0.25) is 0 Å². The minimum Gasteiger partial charge on any atom is -0.467 e. The largest absolute Gasteiger partial charge is 0.467 e. The maximum absolute atomic E-state index is 13.2. The topological polar surface area (TPSA) is 92.1 Å². The molecule has 206 valence electrons. The molecule has 12 heteroatoms. The number of rotatable bonds is 11. The van der Waals surface area contributed by atoms with Gasteiger partial charge in [0.1, 0.15) is 16.4 Å². The number of furan rings is 1. The molecule has 8 nitrogen and oxygen atoms in total. The van der Waals surface area contributed by atoms with Gasteiger partial charge in [-0.2, -0.15) is 21.6 Å². The molecule has 0 radical (unpaired) electrons. The molecule has 0 aliphatic rings. The van der Waals surface area contributed by atoms with Crippen LogP contribution in [0.5, 0.6) is 5.75 Å². The Morgan fingerprint density at radius 2 is 1.74 bits per heavy atom. The molecule has 0 bridgehead atoms. The summed E-state index contributed by atoms with van der Waals surface area (Å²) in [4.78, 5) is 15.5. The molecular formula is C26H30F3N3O5S. The lowest BCUT2D eigenvalue weighted by atomic mass is 10.1. The number of nitrogens with zero attached hydrogens (tertiary/aromatic N) is 2. The van der Waals surface area contributed by atoms with Crippen LogP contribution >= 0.6 is 0 Å². The number of amides is 2. The predicted octanol–water partition coefficient (Wildman–Crippen LogP) is 5.64. The van der Waals surface area contributed by atoms with E-state index in [1.54, 1.807) is 31.2 Å². The van der Waals surface area contributed by atoms with Crippen LogP contribution in [0.3, 0.4) is 0 Å². The van der Waals surface area contributed by atoms with Crippen LogP contribution in [0.25, 0.3) is 0 Å². The summed E-state index contributed by atoms with van der Waals surface area (Å²) in [7, 11) is -4.65. The van der Waals surface area contributed by atoms with Crippen LogP contribution in [0.15, 0.2) is 70.2 Å². The average Bonchev–Trinajstić information content (AvgIpc) is 3.38. The van der Waals surface area contributed by atoms with Crippen molar-refractivity contribution in [2.45, 2.75) is 44.9 Å². The number of hydrogen-bond acceptors (Lipinski definition) is 6. The molecule has 2 aromatic carbocycles. The van der Waals surface area contributed by atoms with Gasteiger partial charge < -0.3 is 23.7 Å². The molecule has 0 fully saturated rings. The molecule has 0 aliphatic carbocycles. The first kappa shape index (κ1) is 28.9. The molecule has 0 spiro atoms. The van der Waals surface area contributed by atoms with Gasteiger partial charge in [-0.15, -0.1) is 0 Å². The van der Waals surface area contributed by atoms with Crippen molar-refractivity contribution in [3.63, 3.8) is 0 Å². The number of hydrogen-bond donors (Lipinski definition) is 1. The molecule has 2 amide bonds. The molecule has 0 aliphatic heterocycles. The number of halogens is 3. The average molecular weight is 554 g/mol. The van der Waals surface area contributed by atoms with Crippen LogP contribution in [-0.2, 0) is 29.4 Å². The van der Waals surface area contributed by atoms with E-state index < -0.39 is 32.8 Å². The molecule has 1 heterocycles. The summed E-state index contributed by atoms with van der Waals surface area (Å²) in [5.74, 6) is 0.413. The SMILES string of the molecule is CCNC(=O)N(Cc1ccco1)Cc1ccc(N(CC)CC)cc1OS(=O)(=O)c1cccc(C(F)(F)F)c1. The molecule has 0 saturated carbocycles. The molecule has 0 atom stereocenters. The van der Waals surface area contributed by atoms with E-state index in [4.69, 9.17) is 8.60 Å². The van der Waals surface area contributed by atoms with Gasteiger partial charge in [-0.3, -0.25) is 0 Å². The second kappa shape index (κ2) is 12.2. The zero-order valence-corrected chi connectivity index (χ0v) is 22.1. The van der Waals surface area contributed by atoms with E-state index in [-0.39, 0.29) is 18.8 Å². The zero-order valence-electron chi connectivity index (χ0n) is 21.3. The second-order valence-electron chi connectivity index (χ2n) is 8.30. The van der Waals surface area contributed by atoms with Gasteiger partial charge in [-0.1, -0.05) is 12.1 Å². The Morgan fingerprint density at radius 3 is 2.34 bits per heavy atom. The Bertz CT molecular complexity index is 1320. The molecule has 3 rings (SSSR count). The molecule has 0 unspecified atom stereocenters. The number of carbonyl (C=O) groups excluding carboxylic acids is 1. The number of benzene rings is 2. The van der Waals surface area contributed by atoms with Crippen molar-refractivity contribution < 1.29 is 35.0 Å². The number of urea groups is 1. The number of alkyl halides is 3. The Balaban J connectivity index is 2.03. The summed E-state index contributed by atoms with van der Waals surface area (Å²) < 4.78 is 76.7. The van der Waals surface area contributed by atoms with Gasteiger partial charge in [0.25, 0.3) is 0 Å². The molecular weight excluding hydrogens is 523 g/mol. The number of anilines is 1. The molecule has 0 saturated heterocycles. The van der Waals surface area contributed by atoms with Crippen molar-refractivity contribution >= 4 is 21.8 Å². The summed E-state index contributed by atoms with van der Waals surface area (Å²) in [6.45, 7) is 7.27. The van der Waals surface area contributed by atoms with E-state index in [9.17, 15) is 26.4 Å². The Hall–Kier alpha value is -3.67. The van der Waals surface area contributed by atoms with Crippen molar-refractivity contribution in [3.8, 4) is 5.75 Å². The minimum absolute atomic E-state index is 0.0570. The molecule has 3 aromatic rings. The van der Waals surface area contributed by atoms with E-state index in [2.05, 4.69) is 5.32 Å². The normalized spacial score (nSPS) is 11.7. The van der Waals surface area contributed by atoms with E-state index >= 15 is 0 Å². The van der Waals surface area contributed by atoms with E-state index in [1.807, 2.05) is 18.7 Å². The van der Waals surface area contributed by atoms with Gasteiger partial charge >= 0.3 is 22.3 Å².